The molecule has 10 nitrogen and oxygen atoms in total. The van der Waals surface area contributed by atoms with Crippen molar-refractivity contribution in [2.75, 3.05) is 32.9 Å². The maximum atomic E-state index is 13.8. The minimum atomic E-state index is -1.21. The van der Waals surface area contributed by atoms with Gasteiger partial charge < -0.3 is 30.3 Å². The van der Waals surface area contributed by atoms with Gasteiger partial charge >= 0.3 is 6.03 Å². The SMILES string of the molecule is CC(C)(C)CC(C)(C)NC(=O)C(=O)[C@H](COCc1ccccc1)NC(=O)C(CC1CCCCC1)NC(=O)N1CCOCC1. The Morgan fingerprint density at radius 3 is 2.21 bits per heavy atom. The molecule has 1 aromatic rings. The zero-order valence-corrected chi connectivity index (χ0v) is 26.7. The Morgan fingerprint density at radius 1 is 0.930 bits per heavy atom. The Hall–Kier alpha value is -2.98. The number of morpholine rings is 1. The standard InChI is InChI=1S/C33H52N4O6/c1-32(2,3)23-33(4,5)36-30(40)28(38)27(22-43-21-25-14-10-7-11-15-25)34-29(39)26(20-24-12-8-6-9-13-24)35-31(41)37-16-18-42-19-17-37/h7,10-11,14-15,24,26-27H,6,8-9,12-13,16-23H2,1-5H3,(H,34,39)(H,35,41)(H,36,40)/t26?,27-/m0/s1. The Labute approximate surface area is 257 Å². The number of benzene rings is 1. The molecule has 0 bridgehead atoms. The zero-order chi connectivity index (χ0) is 31.5. The molecule has 240 valence electrons. The van der Waals surface area contributed by atoms with Crippen molar-refractivity contribution in [3.63, 3.8) is 0 Å². The molecule has 2 fully saturated rings. The predicted molar refractivity (Wildman–Crippen MR) is 165 cm³/mol. The number of carbonyl (C=O) groups is 4. The Kier molecular flexibility index (Phi) is 13.0. The maximum Gasteiger partial charge on any atom is 0.318 e. The molecule has 3 rings (SSSR count). The Bertz CT molecular complexity index is 1060. The minimum Gasteiger partial charge on any atom is -0.378 e. The van der Waals surface area contributed by atoms with E-state index in [4.69, 9.17) is 9.47 Å². The number of nitrogens with zero attached hydrogens (tertiary/aromatic N) is 1. The molecular formula is C33H52N4O6. The molecule has 1 saturated heterocycles. The fourth-order valence-corrected chi connectivity index (χ4v) is 6.22. The molecule has 3 N–H and O–H groups in total. The second-order valence-corrected chi connectivity index (χ2v) is 13.8. The van der Waals surface area contributed by atoms with E-state index in [2.05, 4.69) is 36.7 Å². The largest absolute Gasteiger partial charge is 0.378 e. The molecule has 0 radical (unpaired) electrons. The molecule has 1 aliphatic heterocycles. The molecule has 0 aromatic heterocycles. The van der Waals surface area contributed by atoms with E-state index in [9.17, 15) is 19.2 Å². The molecule has 4 amide bonds. The summed E-state index contributed by atoms with van der Waals surface area (Å²) in [6.07, 6.45) is 6.46. The lowest BCUT2D eigenvalue weighted by Crippen LogP contribution is -2.59. The number of nitrogens with one attached hydrogen (secondary N) is 3. The monoisotopic (exact) mass is 600 g/mol. The highest BCUT2D eigenvalue weighted by atomic mass is 16.5. The molecule has 0 spiro atoms. The van der Waals surface area contributed by atoms with Gasteiger partial charge in [0.05, 0.1) is 26.4 Å². The smallest absolute Gasteiger partial charge is 0.318 e. The number of amides is 4. The number of ketones is 1. The van der Waals surface area contributed by atoms with E-state index in [1.165, 1.54) is 6.42 Å². The molecule has 1 aromatic carbocycles. The predicted octanol–water partition coefficient (Wildman–Crippen LogP) is 3.97. The third-order valence-corrected chi connectivity index (χ3v) is 7.88. The average Bonchev–Trinajstić information content (AvgIpc) is 2.95. The number of urea groups is 1. The number of carbonyl (C=O) groups excluding carboxylic acids is 4. The topological polar surface area (TPSA) is 126 Å². The van der Waals surface area contributed by atoms with Crippen molar-refractivity contribution in [1.29, 1.82) is 0 Å². The van der Waals surface area contributed by atoms with Crippen molar-refractivity contribution in [3.8, 4) is 0 Å². The quantitative estimate of drug-likeness (QED) is 0.294. The van der Waals surface area contributed by atoms with Gasteiger partial charge in [0, 0.05) is 18.6 Å². The lowest BCUT2D eigenvalue weighted by Gasteiger charge is -2.33. The summed E-state index contributed by atoms with van der Waals surface area (Å²) >= 11 is 0. The summed E-state index contributed by atoms with van der Waals surface area (Å²) in [7, 11) is 0. The molecule has 2 atom stereocenters. The third kappa shape index (κ3) is 12.3. The Balaban J connectivity index is 1.75. The maximum absolute atomic E-state index is 13.8. The molecule has 1 heterocycles. The van der Waals surface area contributed by atoms with Crippen molar-refractivity contribution < 1.29 is 28.7 Å². The Morgan fingerprint density at radius 2 is 1.58 bits per heavy atom. The number of ether oxygens (including phenoxy) is 2. The van der Waals surface area contributed by atoms with Gasteiger partial charge in [0.2, 0.25) is 11.7 Å². The first kappa shape index (κ1) is 34.5. The number of rotatable bonds is 13. The van der Waals surface area contributed by atoms with Crippen LogP contribution in [0.4, 0.5) is 4.79 Å². The first-order chi connectivity index (χ1) is 20.3. The molecule has 1 unspecified atom stereocenters. The van der Waals surface area contributed by atoms with Crippen LogP contribution in [0.5, 0.6) is 0 Å². The first-order valence-corrected chi connectivity index (χ1v) is 15.7. The molecule has 1 saturated carbocycles. The second kappa shape index (κ2) is 16.2. The molecule has 1 aliphatic carbocycles. The van der Waals surface area contributed by atoms with Gasteiger partial charge in [-0.2, -0.15) is 0 Å². The lowest BCUT2D eigenvalue weighted by molar-refractivity contribution is -0.142. The van der Waals surface area contributed by atoms with Crippen LogP contribution in [0.3, 0.4) is 0 Å². The fourth-order valence-electron chi connectivity index (χ4n) is 6.22. The van der Waals surface area contributed by atoms with E-state index in [0.717, 1.165) is 31.2 Å². The van der Waals surface area contributed by atoms with Gasteiger partial charge in [-0.3, -0.25) is 14.4 Å². The van der Waals surface area contributed by atoms with E-state index in [-0.39, 0.29) is 24.7 Å². The molecule has 10 heteroatoms. The lowest BCUT2D eigenvalue weighted by atomic mass is 9.81. The second-order valence-electron chi connectivity index (χ2n) is 13.8. The highest BCUT2D eigenvalue weighted by Gasteiger charge is 2.35. The van der Waals surface area contributed by atoms with Gasteiger partial charge in [-0.05, 0) is 43.6 Å². The third-order valence-electron chi connectivity index (χ3n) is 7.88. The highest BCUT2D eigenvalue weighted by molar-refractivity contribution is 6.38. The summed E-state index contributed by atoms with van der Waals surface area (Å²) in [6.45, 7) is 11.8. The van der Waals surface area contributed by atoms with Gasteiger partial charge in [-0.1, -0.05) is 83.2 Å². The fraction of sp³-hybridized carbons (Fsp3) is 0.697. The van der Waals surface area contributed by atoms with Gasteiger partial charge in [0.1, 0.15) is 12.1 Å². The van der Waals surface area contributed by atoms with Crippen LogP contribution in [0.1, 0.15) is 85.1 Å². The van der Waals surface area contributed by atoms with E-state index in [1.807, 2.05) is 44.2 Å². The summed E-state index contributed by atoms with van der Waals surface area (Å²) in [5, 5.41) is 8.56. The minimum absolute atomic E-state index is 0.0722. The van der Waals surface area contributed by atoms with Crippen LogP contribution in [-0.2, 0) is 30.5 Å². The van der Waals surface area contributed by atoms with E-state index < -0.39 is 35.2 Å². The van der Waals surface area contributed by atoms with Gasteiger partial charge in [-0.25, -0.2) is 4.79 Å². The van der Waals surface area contributed by atoms with Crippen LogP contribution in [0.2, 0.25) is 0 Å². The number of hydrogen-bond donors (Lipinski definition) is 3. The van der Waals surface area contributed by atoms with Gasteiger partial charge in [0.25, 0.3) is 5.91 Å². The summed E-state index contributed by atoms with van der Waals surface area (Å²) in [5.41, 5.74) is 0.195. The van der Waals surface area contributed by atoms with E-state index in [1.54, 1.807) is 4.90 Å². The van der Waals surface area contributed by atoms with Crippen LogP contribution in [0.25, 0.3) is 0 Å². The van der Waals surface area contributed by atoms with Crippen molar-refractivity contribution >= 4 is 23.6 Å². The summed E-state index contributed by atoms with van der Waals surface area (Å²) in [6, 6.07) is 7.10. The molecular weight excluding hydrogens is 548 g/mol. The first-order valence-electron chi connectivity index (χ1n) is 15.7. The zero-order valence-electron chi connectivity index (χ0n) is 26.7. The van der Waals surface area contributed by atoms with Crippen LogP contribution < -0.4 is 16.0 Å². The summed E-state index contributed by atoms with van der Waals surface area (Å²) < 4.78 is 11.2. The van der Waals surface area contributed by atoms with Crippen LogP contribution in [-0.4, -0.2) is 79.1 Å². The van der Waals surface area contributed by atoms with Gasteiger partial charge in [-0.15, -0.1) is 0 Å². The normalized spacial score (nSPS) is 17.9. The van der Waals surface area contributed by atoms with Gasteiger partial charge in [0.15, 0.2) is 0 Å². The van der Waals surface area contributed by atoms with Crippen molar-refractivity contribution in [2.45, 2.75) is 104 Å². The van der Waals surface area contributed by atoms with Crippen LogP contribution in [0.15, 0.2) is 30.3 Å². The number of hydrogen-bond acceptors (Lipinski definition) is 6. The van der Waals surface area contributed by atoms with E-state index in [0.29, 0.717) is 45.1 Å². The number of Topliss-reactive ketones (excluding diaryl/α,β-unsaturated/α-hetero) is 1. The van der Waals surface area contributed by atoms with E-state index >= 15 is 0 Å². The molecule has 43 heavy (non-hydrogen) atoms. The average molecular weight is 601 g/mol. The van der Waals surface area contributed by atoms with Crippen LogP contribution in [0, 0.1) is 11.3 Å². The van der Waals surface area contributed by atoms with Crippen molar-refractivity contribution in [1.82, 2.24) is 20.9 Å². The van der Waals surface area contributed by atoms with Crippen molar-refractivity contribution in [2.24, 2.45) is 11.3 Å². The van der Waals surface area contributed by atoms with Crippen molar-refractivity contribution in [3.05, 3.63) is 35.9 Å². The highest BCUT2D eigenvalue weighted by Crippen LogP contribution is 2.28. The molecule has 2 aliphatic rings. The van der Waals surface area contributed by atoms with Crippen LogP contribution >= 0.6 is 0 Å². The summed E-state index contributed by atoms with van der Waals surface area (Å²) in [5.74, 6) is -1.75. The summed E-state index contributed by atoms with van der Waals surface area (Å²) in [4.78, 5) is 55.3.